The quantitative estimate of drug-likeness (QED) is 0.946. The fraction of sp³-hybridized carbons (Fsp3) is 0.200. The Kier molecular flexibility index (Phi) is 3.34. The predicted octanol–water partition coefficient (Wildman–Crippen LogP) is 2.91. The Labute approximate surface area is 120 Å². The van der Waals surface area contributed by atoms with Crippen molar-refractivity contribution in [3.63, 3.8) is 0 Å². The van der Waals surface area contributed by atoms with Crippen LogP contribution >= 0.6 is 15.9 Å². The van der Waals surface area contributed by atoms with Crippen LogP contribution in [0.4, 0.5) is 0 Å². The van der Waals surface area contributed by atoms with E-state index in [2.05, 4.69) is 44.4 Å². The Balaban J connectivity index is 1.63. The third-order valence-electron chi connectivity index (χ3n) is 3.44. The Bertz CT molecular complexity index is 627. The third kappa shape index (κ3) is 2.40. The second-order valence-corrected chi connectivity index (χ2v) is 5.50. The van der Waals surface area contributed by atoms with Gasteiger partial charge in [-0.25, -0.2) is 4.98 Å². The summed E-state index contributed by atoms with van der Waals surface area (Å²) in [4.78, 5) is 16.1. The molecular weight excluding hydrogens is 304 g/mol. The smallest absolute Gasteiger partial charge is 0.271 e. The van der Waals surface area contributed by atoms with E-state index in [4.69, 9.17) is 0 Å². The van der Waals surface area contributed by atoms with Gasteiger partial charge in [-0.2, -0.15) is 0 Å². The first-order chi connectivity index (χ1) is 9.25. The summed E-state index contributed by atoms with van der Waals surface area (Å²) >= 11 is 3.34. The average Bonchev–Trinajstić information content (AvgIpc) is 2.40. The van der Waals surface area contributed by atoms with Crippen molar-refractivity contribution in [3.8, 4) is 0 Å². The molecule has 0 saturated carbocycles. The monoisotopic (exact) mass is 316 g/mol. The van der Waals surface area contributed by atoms with Crippen molar-refractivity contribution in [3.05, 3.63) is 63.9 Å². The second-order valence-electron chi connectivity index (χ2n) is 4.64. The molecule has 96 valence electrons. The Morgan fingerprint density at radius 2 is 2.16 bits per heavy atom. The number of amides is 1. The number of benzene rings is 1. The largest absolute Gasteiger partial charge is 0.350 e. The highest BCUT2D eigenvalue weighted by Crippen LogP contribution is 2.34. The first-order valence-electron chi connectivity index (χ1n) is 6.22. The van der Waals surface area contributed by atoms with Crippen LogP contribution < -0.4 is 5.32 Å². The van der Waals surface area contributed by atoms with E-state index in [0.29, 0.717) is 18.2 Å². The first kappa shape index (κ1) is 12.4. The van der Waals surface area contributed by atoms with Crippen LogP contribution in [0.2, 0.25) is 0 Å². The summed E-state index contributed by atoms with van der Waals surface area (Å²) in [6, 6.07) is 12.0. The van der Waals surface area contributed by atoms with Crippen LogP contribution in [0.5, 0.6) is 0 Å². The van der Waals surface area contributed by atoms with Gasteiger partial charge in [0.25, 0.3) is 5.91 Å². The van der Waals surface area contributed by atoms with Gasteiger partial charge in [0.1, 0.15) is 5.69 Å². The normalized spacial score (nSPS) is 16.4. The summed E-state index contributed by atoms with van der Waals surface area (Å²) in [6.07, 6.45) is 2.66. The number of pyridine rings is 1. The van der Waals surface area contributed by atoms with Crippen molar-refractivity contribution in [2.24, 2.45) is 0 Å². The van der Waals surface area contributed by atoms with Crippen molar-refractivity contribution in [1.82, 2.24) is 10.3 Å². The molecule has 1 aliphatic rings. The van der Waals surface area contributed by atoms with Crippen LogP contribution in [0, 0.1) is 0 Å². The lowest BCUT2D eigenvalue weighted by Crippen LogP contribution is -2.33. The molecule has 1 aliphatic carbocycles. The molecule has 0 radical (unpaired) electrons. The van der Waals surface area contributed by atoms with E-state index in [1.54, 1.807) is 12.3 Å². The number of carbonyl (C=O) groups excluding carboxylic acids is 1. The summed E-state index contributed by atoms with van der Waals surface area (Å²) in [5.74, 6) is 0.305. The Hall–Kier alpha value is -1.68. The molecule has 1 amide bonds. The maximum atomic E-state index is 12.0. The van der Waals surface area contributed by atoms with Gasteiger partial charge in [-0.05, 0) is 45.6 Å². The van der Waals surface area contributed by atoms with Crippen molar-refractivity contribution in [2.45, 2.75) is 12.3 Å². The van der Waals surface area contributed by atoms with Gasteiger partial charge in [-0.15, -0.1) is 0 Å². The predicted molar refractivity (Wildman–Crippen MR) is 77.2 cm³/mol. The highest BCUT2D eigenvalue weighted by atomic mass is 79.9. The molecule has 1 heterocycles. The maximum Gasteiger partial charge on any atom is 0.271 e. The lowest BCUT2D eigenvalue weighted by molar-refractivity contribution is 0.0944. The number of hydrogen-bond acceptors (Lipinski definition) is 2. The zero-order chi connectivity index (χ0) is 13.2. The van der Waals surface area contributed by atoms with Gasteiger partial charge in [0.2, 0.25) is 0 Å². The van der Waals surface area contributed by atoms with E-state index in [1.807, 2.05) is 12.1 Å². The Morgan fingerprint density at radius 3 is 2.95 bits per heavy atom. The fourth-order valence-corrected chi connectivity index (χ4v) is 2.83. The summed E-state index contributed by atoms with van der Waals surface area (Å²) in [6.45, 7) is 0.666. The number of nitrogens with zero attached hydrogens (tertiary/aromatic N) is 1. The molecule has 3 nitrogen and oxygen atoms in total. The van der Waals surface area contributed by atoms with Crippen LogP contribution in [0.15, 0.2) is 47.1 Å². The molecule has 4 heteroatoms. The number of nitrogens with one attached hydrogen (secondary N) is 1. The summed E-state index contributed by atoms with van der Waals surface area (Å²) < 4.78 is 0.724. The summed E-state index contributed by atoms with van der Waals surface area (Å²) in [5.41, 5.74) is 3.18. The number of aromatic nitrogens is 1. The highest BCUT2D eigenvalue weighted by molar-refractivity contribution is 9.10. The number of hydrogen-bond donors (Lipinski definition) is 1. The number of carbonyl (C=O) groups is 1. The van der Waals surface area contributed by atoms with Crippen molar-refractivity contribution in [2.75, 3.05) is 6.54 Å². The molecule has 3 rings (SSSR count). The highest BCUT2D eigenvalue weighted by Gasteiger charge is 2.25. The molecule has 0 saturated heterocycles. The lowest BCUT2D eigenvalue weighted by Gasteiger charge is -2.30. The Morgan fingerprint density at radius 1 is 1.32 bits per heavy atom. The van der Waals surface area contributed by atoms with E-state index >= 15 is 0 Å². The van der Waals surface area contributed by atoms with Crippen molar-refractivity contribution >= 4 is 21.8 Å². The maximum absolute atomic E-state index is 12.0. The van der Waals surface area contributed by atoms with Crippen molar-refractivity contribution < 1.29 is 4.79 Å². The molecule has 0 bridgehead atoms. The average molecular weight is 317 g/mol. The molecule has 1 aromatic carbocycles. The molecular formula is C15H13BrN2O. The zero-order valence-electron chi connectivity index (χ0n) is 10.3. The summed E-state index contributed by atoms with van der Waals surface area (Å²) in [7, 11) is 0. The van der Waals surface area contributed by atoms with E-state index in [1.165, 1.54) is 11.1 Å². The molecule has 0 spiro atoms. The second kappa shape index (κ2) is 5.13. The van der Waals surface area contributed by atoms with Gasteiger partial charge in [0.05, 0.1) is 0 Å². The topological polar surface area (TPSA) is 42.0 Å². The van der Waals surface area contributed by atoms with Gasteiger partial charge in [-0.1, -0.05) is 24.3 Å². The SMILES string of the molecule is O=C(NCC1Cc2ccccc21)c1ncccc1Br. The van der Waals surface area contributed by atoms with Gasteiger partial charge in [-0.3, -0.25) is 4.79 Å². The van der Waals surface area contributed by atoms with E-state index < -0.39 is 0 Å². The lowest BCUT2D eigenvalue weighted by atomic mass is 9.77. The standard InChI is InChI=1S/C15H13BrN2O/c16-13-6-3-7-17-14(13)15(19)18-9-11-8-10-4-1-2-5-12(10)11/h1-7,11H,8-9H2,(H,18,19). The van der Waals surface area contributed by atoms with Crippen LogP contribution in [-0.2, 0) is 6.42 Å². The van der Waals surface area contributed by atoms with E-state index in [9.17, 15) is 4.79 Å². The first-order valence-corrected chi connectivity index (χ1v) is 7.01. The third-order valence-corrected chi connectivity index (χ3v) is 4.08. The molecule has 1 aromatic heterocycles. The van der Waals surface area contributed by atoms with Gasteiger partial charge < -0.3 is 5.32 Å². The van der Waals surface area contributed by atoms with Crippen LogP contribution in [0.1, 0.15) is 27.5 Å². The molecule has 0 aliphatic heterocycles. The number of fused-ring (bicyclic) bond motifs is 1. The minimum absolute atomic E-state index is 0.128. The van der Waals surface area contributed by atoms with E-state index in [-0.39, 0.29) is 5.91 Å². The molecule has 1 unspecified atom stereocenters. The van der Waals surface area contributed by atoms with Gasteiger partial charge in [0.15, 0.2) is 0 Å². The van der Waals surface area contributed by atoms with Gasteiger partial charge in [0, 0.05) is 23.1 Å². The minimum Gasteiger partial charge on any atom is -0.350 e. The van der Waals surface area contributed by atoms with Crippen LogP contribution in [-0.4, -0.2) is 17.4 Å². The number of halogens is 1. The minimum atomic E-state index is -0.128. The number of rotatable bonds is 3. The van der Waals surface area contributed by atoms with Crippen LogP contribution in [0.25, 0.3) is 0 Å². The molecule has 0 fully saturated rings. The molecule has 19 heavy (non-hydrogen) atoms. The molecule has 1 atom stereocenters. The molecule has 1 N–H and O–H groups in total. The van der Waals surface area contributed by atoms with Crippen molar-refractivity contribution in [1.29, 1.82) is 0 Å². The van der Waals surface area contributed by atoms with E-state index in [0.717, 1.165) is 10.9 Å². The fourth-order valence-electron chi connectivity index (χ4n) is 2.40. The summed E-state index contributed by atoms with van der Waals surface area (Å²) in [5, 5.41) is 2.95. The van der Waals surface area contributed by atoms with Crippen LogP contribution in [0.3, 0.4) is 0 Å². The molecule has 2 aromatic rings. The zero-order valence-corrected chi connectivity index (χ0v) is 11.9. The van der Waals surface area contributed by atoms with Gasteiger partial charge >= 0.3 is 0 Å².